The summed E-state index contributed by atoms with van der Waals surface area (Å²) in [6.07, 6.45) is 0.792. The lowest BCUT2D eigenvalue weighted by Crippen LogP contribution is -2.40. The van der Waals surface area contributed by atoms with Crippen LogP contribution in [-0.2, 0) is 0 Å². The van der Waals surface area contributed by atoms with Gasteiger partial charge in [-0.05, 0) is 26.0 Å². The second kappa shape index (κ2) is 7.50. The molecular formula is C17H16Cl2FN5O2. The Morgan fingerprint density at radius 1 is 1.33 bits per heavy atom. The van der Waals surface area contributed by atoms with E-state index in [2.05, 4.69) is 10.4 Å². The maximum Gasteiger partial charge on any atom is 0.287 e. The lowest BCUT2D eigenvalue weighted by molar-refractivity contribution is 0.449. The monoisotopic (exact) mass is 413 g/mol. The van der Waals surface area contributed by atoms with E-state index in [-0.39, 0.29) is 45.9 Å². The molecule has 0 amide bonds. The average molecular weight is 414 g/mol. The van der Waals surface area contributed by atoms with Crippen molar-refractivity contribution >= 4 is 35.2 Å². The standard InChI is InChI=1S/C17H16Cl2FN5O2/c1-9(2)24-7-11(5-14(20)17(24)26)27-16-12(18)3-10(4-13(16)19)25-8-22-6-15(21)23-25/h3-9,23H,21H2,1-2H3/i6D,8D. The zero-order valence-electron chi connectivity index (χ0n) is 16.3. The molecule has 2 heterocycles. The number of hydrazine groups is 1. The number of nitrogens with one attached hydrogen (secondary N) is 1. The number of benzene rings is 1. The van der Waals surface area contributed by atoms with Gasteiger partial charge in [-0.2, -0.15) is 0 Å². The molecule has 142 valence electrons. The predicted octanol–water partition coefficient (Wildman–Crippen LogP) is 3.78. The van der Waals surface area contributed by atoms with E-state index in [0.717, 1.165) is 6.07 Å². The molecule has 27 heavy (non-hydrogen) atoms. The van der Waals surface area contributed by atoms with E-state index < -0.39 is 11.4 Å². The van der Waals surface area contributed by atoms with Crippen molar-refractivity contribution in [2.45, 2.75) is 19.9 Å². The third kappa shape index (κ3) is 4.01. The molecule has 1 aliphatic heterocycles. The van der Waals surface area contributed by atoms with Gasteiger partial charge in [0.05, 0.1) is 29.5 Å². The highest BCUT2D eigenvalue weighted by Gasteiger charge is 2.17. The lowest BCUT2D eigenvalue weighted by atomic mass is 10.3. The van der Waals surface area contributed by atoms with E-state index in [9.17, 15) is 9.18 Å². The highest BCUT2D eigenvalue weighted by atomic mass is 35.5. The maximum atomic E-state index is 14.0. The highest BCUT2D eigenvalue weighted by molar-refractivity contribution is 6.37. The SMILES string of the molecule is [2H]C1=NC([2H])=C(N)NN1c1cc(Cl)c(Oc2cc(F)c(=O)n(C(C)C)c2)c(Cl)c1. The molecule has 0 bridgehead atoms. The van der Waals surface area contributed by atoms with Crippen LogP contribution in [0.2, 0.25) is 10.0 Å². The first-order valence-electron chi connectivity index (χ1n) is 8.75. The van der Waals surface area contributed by atoms with Crippen molar-refractivity contribution in [1.29, 1.82) is 0 Å². The summed E-state index contributed by atoms with van der Waals surface area (Å²) in [5, 5.41) is 1.29. The number of amidine groups is 1. The number of rotatable bonds is 4. The number of anilines is 1. The number of aromatic nitrogens is 1. The molecule has 2 aromatic rings. The number of aliphatic imine (C=N–C) groups is 1. The fourth-order valence-corrected chi connectivity index (χ4v) is 2.85. The summed E-state index contributed by atoms with van der Waals surface area (Å²) >= 11 is 12.6. The molecule has 0 saturated heterocycles. The van der Waals surface area contributed by atoms with Crippen molar-refractivity contribution in [2.24, 2.45) is 10.7 Å². The van der Waals surface area contributed by atoms with Crippen LogP contribution in [0.1, 0.15) is 22.6 Å². The predicted molar refractivity (Wildman–Crippen MR) is 104 cm³/mol. The average Bonchev–Trinajstić information content (AvgIpc) is 2.63. The number of hydrogen-bond acceptors (Lipinski definition) is 6. The van der Waals surface area contributed by atoms with Crippen LogP contribution in [0.4, 0.5) is 10.1 Å². The summed E-state index contributed by atoms with van der Waals surface area (Å²) in [5.41, 5.74) is 7.81. The maximum absolute atomic E-state index is 14.0. The van der Waals surface area contributed by atoms with Crippen LogP contribution < -0.4 is 26.5 Å². The third-order valence-corrected chi connectivity index (χ3v) is 4.11. The van der Waals surface area contributed by atoms with Crippen molar-refractivity contribution < 1.29 is 11.9 Å². The van der Waals surface area contributed by atoms with Crippen molar-refractivity contribution in [3.63, 3.8) is 0 Å². The summed E-state index contributed by atoms with van der Waals surface area (Å²) in [6.45, 7) is 3.46. The molecule has 0 fully saturated rings. The minimum atomic E-state index is -0.971. The van der Waals surface area contributed by atoms with Gasteiger partial charge < -0.3 is 15.0 Å². The Hall–Kier alpha value is -2.71. The van der Waals surface area contributed by atoms with E-state index >= 15 is 0 Å². The molecular weight excluding hydrogens is 396 g/mol. The van der Waals surface area contributed by atoms with Crippen molar-refractivity contribution in [2.75, 3.05) is 5.01 Å². The Morgan fingerprint density at radius 2 is 2.00 bits per heavy atom. The molecule has 0 aliphatic carbocycles. The van der Waals surface area contributed by atoms with Gasteiger partial charge >= 0.3 is 0 Å². The quantitative estimate of drug-likeness (QED) is 0.796. The Morgan fingerprint density at radius 3 is 2.63 bits per heavy atom. The van der Waals surface area contributed by atoms with Crippen LogP contribution in [0, 0.1) is 5.82 Å². The molecule has 1 aromatic carbocycles. The topological polar surface area (TPSA) is 84.9 Å². The van der Waals surface area contributed by atoms with Gasteiger partial charge in [0.25, 0.3) is 5.56 Å². The van der Waals surface area contributed by atoms with Crippen LogP contribution in [0.25, 0.3) is 0 Å². The Kier molecular flexibility index (Phi) is 4.57. The zero-order chi connectivity index (χ0) is 21.5. The van der Waals surface area contributed by atoms with Gasteiger partial charge in [0.2, 0.25) is 0 Å². The molecule has 1 aliphatic rings. The first-order chi connectivity index (χ1) is 13.6. The first-order valence-corrected chi connectivity index (χ1v) is 8.51. The van der Waals surface area contributed by atoms with Gasteiger partial charge in [0.15, 0.2) is 11.6 Å². The Labute approximate surface area is 167 Å². The summed E-state index contributed by atoms with van der Waals surface area (Å²) in [7, 11) is 0. The molecule has 0 radical (unpaired) electrons. The van der Waals surface area contributed by atoms with Gasteiger partial charge in [-0.3, -0.25) is 10.2 Å². The van der Waals surface area contributed by atoms with Crippen LogP contribution in [-0.4, -0.2) is 10.9 Å². The number of ether oxygens (including phenoxy) is 1. The molecule has 1 aromatic heterocycles. The Balaban J connectivity index is 1.96. The number of pyridine rings is 1. The molecule has 0 atom stereocenters. The van der Waals surface area contributed by atoms with E-state index in [4.69, 9.17) is 36.4 Å². The third-order valence-electron chi connectivity index (χ3n) is 3.55. The molecule has 3 rings (SSSR count). The molecule has 7 nitrogen and oxygen atoms in total. The number of nitrogens with two attached hydrogens (primary N) is 1. The molecule has 3 N–H and O–H groups in total. The smallest absolute Gasteiger partial charge is 0.287 e. The van der Waals surface area contributed by atoms with E-state index in [1.165, 1.54) is 27.9 Å². The largest absolute Gasteiger partial charge is 0.453 e. The van der Waals surface area contributed by atoms with Gasteiger partial charge in [-0.1, -0.05) is 23.2 Å². The van der Waals surface area contributed by atoms with Gasteiger partial charge in [0, 0.05) is 12.1 Å². The first kappa shape index (κ1) is 16.5. The zero-order valence-corrected chi connectivity index (χ0v) is 15.8. The van der Waals surface area contributed by atoms with Crippen LogP contribution in [0.5, 0.6) is 11.5 Å². The van der Waals surface area contributed by atoms with Crippen LogP contribution >= 0.6 is 23.2 Å². The second-order valence-corrected chi connectivity index (χ2v) is 6.67. The van der Waals surface area contributed by atoms with Gasteiger partial charge in [0.1, 0.15) is 19.3 Å². The summed E-state index contributed by atoms with van der Waals surface area (Å²) in [5.74, 6) is -0.950. The normalized spacial score (nSPS) is 15.3. The van der Waals surface area contributed by atoms with Crippen molar-refractivity contribution in [1.82, 2.24) is 9.99 Å². The van der Waals surface area contributed by atoms with Crippen LogP contribution in [0.15, 0.2) is 46.2 Å². The van der Waals surface area contributed by atoms with Gasteiger partial charge in [-0.15, -0.1) is 0 Å². The lowest BCUT2D eigenvalue weighted by Gasteiger charge is -2.24. The second-order valence-electron chi connectivity index (χ2n) is 5.86. The minimum absolute atomic E-state index is 0.0376. The van der Waals surface area contributed by atoms with E-state index in [1.54, 1.807) is 13.8 Å². The van der Waals surface area contributed by atoms with E-state index in [0.29, 0.717) is 5.69 Å². The minimum Gasteiger partial charge on any atom is -0.453 e. The Bertz CT molecular complexity index is 1080. The fraction of sp³-hybridized carbons (Fsp3) is 0.176. The molecule has 0 spiro atoms. The highest BCUT2D eigenvalue weighted by Crippen LogP contribution is 2.39. The summed E-state index contributed by atoms with van der Waals surface area (Å²) < 4.78 is 36.2. The molecule has 0 unspecified atom stereocenters. The number of nitrogens with zero attached hydrogens (tertiary/aromatic N) is 3. The van der Waals surface area contributed by atoms with Gasteiger partial charge in [-0.25, -0.2) is 14.4 Å². The molecule has 0 saturated carbocycles. The van der Waals surface area contributed by atoms with Crippen molar-refractivity contribution in [3.8, 4) is 11.5 Å². The summed E-state index contributed by atoms with van der Waals surface area (Å²) in [6, 6.07) is 3.52. The van der Waals surface area contributed by atoms with Crippen molar-refractivity contribution in [3.05, 3.63) is 62.6 Å². The fourth-order valence-electron chi connectivity index (χ4n) is 2.30. The van der Waals surface area contributed by atoms with E-state index in [1.807, 2.05) is 0 Å². The molecule has 10 heteroatoms. The van der Waals surface area contributed by atoms with Crippen LogP contribution in [0.3, 0.4) is 0 Å². The number of hydrogen-bond donors (Lipinski definition) is 2. The summed E-state index contributed by atoms with van der Waals surface area (Å²) in [4.78, 5) is 15.6. The number of halogens is 3.